The lowest BCUT2D eigenvalue weighted by Crippen LogP contribution is -2.14. The Hall–Kier alpha value is -3.47. The van der Waals surface area contributed by atoms with Gasteiger partial charge >= 0.3 is 0 Å². The number of nitrogens with zero attached hydrogens (tertiary/aromatic N) is 2. The van der Waals surface area contributed by atoms with E-state index in [2.05, 4.69) is 10.3 Å². The number of hydrogen-bond donors (Lipinski definition) is 1. The Morgan fingerprint density at radius 1 is 1.07 bits per heavy atom. The van der Waals surface area contributed by atoms with Gasteiger partial charge in [0.05, 0.1) is 0 Å². The van der Waals surface area contributed by atoms with Gasteiger partial charge in [0.25, 0.3) is 0 Å². The van der Waals surface area contributed by atoms with E-state index in [1.54, 1.807) is 12.1 Å². The molecule has 2 aromatic carbocycles. The smallest absolute Gasteiger partial charge is 0.225 e. The second-order valence-corrected chi connectivity index (χ2v) is 6.79. The van der Waals surface area contributed by atoms with Crippen molar-refractivity contribution < 1.29 is 9.18 Å². The van der Waals surface area contributed by atoms with E-state index in [0.717, 1.165) is 11.1 Å². The third-order valence-electron chi connectivity index (χ3n) is 4.62. The molecule has 2 heterocycles. The van der Waals surface area contributed by atoms with Crippen LogP contribution in [-0.4, -0.2) is 15.3 Å². The number of fused-ring (bicyclic) bond motifs is 1. The van der Waals surface area contributed by atoms with E-state index in [-0.39, 0.29) is 11.7 Å². The summed E-state index contributed by atoms with van der Waals surface area (Å²) in [4.78, 5) is 17.3. The van der Waals surface area contributed by atoms with E-state index >= 15 is 0 Å². The molecule has 1 amide bonds. The molecule has 28 heavy (non-hydrogen) atoms. The zero-order valence-electron chi connectivity index (χ0n) is 15.5. The molecule has 140 valence electrons. The number of aromatic nitrogens is 2. The molecule has 0 aliphatic carbocycles. The zero-order chi connectivity index (χ0) is 19.5. The van der Waals surface area contributed by atoms with Crippen LogP contribution in [0.1, 0.15) is 17.5 Å². The van der Waals surface area contributed by atoms with Gasteiger partial charge in [-0.2, -0.15) is 0 Å². The van der Waals surface area contributed by atoms with Gasteiger partial charge in [0.15, 0.2) is 0 Å². The first-order valence-electron chi connectivity index (χ1n) is 9.18. The van der Waals surface area contributed by atoms with Gasteiger partial charge in [0, 0.05) is 18.2 Å². The Labute approximate surface area is 162 Å². The summed E-state index contributed by atoms with van der Waals surface area (Å²) < 4.78 is 15.6. The summed E-state index contributed by atoms with van der Waals surface area (Å²) in [5, 5.41) is 2.98. The average molecular weight is 373 g/mol. The molecule has 0 atom stereocenters. The number of carbonyl (C=O) groups excluding carboxylic acids is 1. The van der Waals surface area contributed by atoms with Crippen molar-refractivity contribution in [3.63, 3.8) is 0 Å². The summed E-state index contributed by atoms with van der Waals surface area (Å²) in [6.45, 7) is 1.98. The molecule has 0 unspecified atom stereocenters. The molecule has 0 radical (unpaired) electrons. The summed E-state index contributed by atoms with van der Waals surface area (Å²) in [6.07, 6.45) is 2.87. The average Bonchev–Trinajstić information content (AvgIpc) is 3.04. The number of anilines is 1. The molecule has 0 aliphatic rings. The molecule has 2 aromatic heterocycles. The zero-order valence-corrected chi connectivity index (χ0v) is 15.5. The molecule has 4 rings (SSSR count). The van der Waals surface area contributed by atoms with Gasteiger partial charge < -0.3 is 5.32 Å². The van der Waals surface area contributed by atoms with Crippen LogP contribution >= 0.6 is 0 Å². The van der Waals surface area contributed by atoms with E-state index in [4.69, 9.17) is 0 Å². The first kappa shape index (κ1) is 17.9. The molecule has 0 saturated carbocycles. The number of aryl methyl sites for hydroxylation is 2. The highest BCUT2D eigenvalue weighted by atomic mass is 19.1. The summed E-state index contributed by atoms with van der Waals surface area (Å²) in [7, 11) is 0. The second kappa shape index (κ2) is 7.64. The third-order valence-corrected chi connectivity index (χ3v) is 4.62. The molecular weight excluding hydrogens is 353 g/mol. The van der Waals surface area contributed by atoms with Gasteiger partial charge in [-0.25, -0.2) is 9.37 Å². The Kier molecular flexibility index (Phi) is 4.89. The fourth-order valence-corrected chi connectivity index (χ4v) is 3.20. The van der Waals surface area contributed by atoms with Crippen molar-refractivity contribution in [3.05, 3.63) is 89.9 Å². The van der Waals surface area contributed by atoms with Crippen LogP contribution in [0.3, 0.4) is 0 Å². The number of halogens is 1. The maximum absolute atomic E-state index is 13.8. The molecule has 0 bridgehead atoms. The van der Waals surface area contributed by atoms with Crippen LogP contribution in [0.15, 0.2) is 72.9 Å². The highest BCUT2D eigenvalue weighted by Gasteiger charge is 2.17. The first-order chi connectivity index (χ1) is 13.6. The maximum Gasteiger partial charge on any atom is 0.225 e. The van der Waals surface area contributed by atoms with Gasteiger partial charge in [-0.3, -0.25) is 9.20 Å². The summed E-state index contributed by atoms with van der Waals surface area (Å²) >= 11 is 0. The minimum atomic E-state index is -0.341. The van der Waals surface area contributed by atoms with Crippen LogP contribution < -0.4 is 5.32 Å². The van der Waals surface area contributed by atoms with E-state index in [0.29, 0.717) is 35.6 Å². The Balaban J connectivity index is 1.66. The standard InChI is InChI=1S/C23H20FN3O/c1-16-12-13-27-20(14-16)25-22(18-8-5-9-19(24)15-18)23(27)26-21(28)11-10-17-6-3-2-4-7-17/h2-9,12-15H,10-11H2,1H3,(H,26,28). The van der Waals surface area contributed by atoms with Gasteiger partial charge in [-0.05, 0) is 48.7 Å². The summed E-state index contributed by atoms with van der Waals surface area (Å²) in [6, 6.07) is 20.0. The Morgan fingerprint density at radius 2 is 1.89 bits per heavy atom. The maximum atomic E-state index is 13.8. The van der Waals surface area contributed by atoms with Gasteiger partial charge in [-0.1, -0.05) is 42.5 Å². The quantitative estimate of drug-likeness (QED) is 0.534. The number of carbonyl (C=O) groups is 1. The Bertz CT molecular complexity index is 1140. The van der Waals surface area contributed by atoms with Crippen molar-refractivity contribution in [1.29, 1.82) is 0 Å². The number of pyridine rings is 1. The largest absolute Gasteiger partial charge is 0.310 e. The monoisotopic (exact) mass is 373 g/mol. The molecule has 4 aromatic rings. The van der Waals surface area contributed by atoms with Crippen LogP contribution in [0, 0.1) is 12.7 Å². The fourth-order valence-electron chi connectivity index (χ4n) is 3.20. The lowest BCUT2D eigenvalue weighted by atomic mass is 10.1. The van der Waals surface area contributed by atoms with E-state index in [1.807, 2.05) is 60.0 Å². The van der Waals surface area contributed by atoms with Gasteiger partial charge in [0.2, 0.25) is 5.91 Å². The highest BCUT2D eigenvalue weighted by Crippen LogP contribution is 2.29. The molecule has 4 nitrogen and oxygen atoms in total. The lowest BCUT2D eigenvalue weighted by molar-refractivity contribution is -0.116. The number of amides is 1. The minimum absolute atomic E-state index is 0.108. The second-order valence-electron chi connectivity index (χ2n) is 6.79. The van der Waals surface area contributed by atoms with E-state index in [1.165, 1.54) is 12.1 Å². The summed E-state index contributed by atoms with van der Waals surface area (Å²) in [5.74, 6) is 0.106. The summed E-state index contributed by atoms with van der Waals surface area (Å²) in [5.41, 5.74) is 4.05. The lowest BCUT2D eigenvalue weighted by Gasteiger charge is -2.08. The molecular formula is C23H20FN3O. The van der Waals surface area contributed by atoms with Crippen molar-refractivity contribution in [3.8, 4) is 11.3 Å². The van der Waals surface area contributed by atoms with Gasteiger partial charge in [-0.15, -0.1) is 0 Å². The predicted molar refractivity (Wildman–Crippen MR) is 109 cm³/mol. The van der Waals surface area contributed by atoms with E-state index < -0.39 is 0 Å². The highest BCUT2D eigenvalue weighted by molar-refractivity contribution is 5.94. The number of hydrogen-bond acceptors (Lipinski definition) is 2. The van der Waals surface area contributed by atoms with Crippen LogP contribution in [0.25, 0.3) is 16.9 Å². The predicted octanol–water partition coefficient (Wildman–Crippen LogP) is 5.02. The van der Waals surface area contributed by atoms with E-state index in [9.17, 15) is 9.18 Å². The van der Waals surface area contributed by atoms with Crippen molar-refractivity contribution in [2.75, 3.05) is 5.32 Å². The number of rotatable bonds is 5. The molecule has 0 aliphatic heterocycles. The molecule has 5 heteroatoms. The van der Waals surface area contributed by atoms with Crippen LogP contribution in [0.4, 0.5) is 10.2 Å². The molecule has 0 spiro atoms. The normalized spacial score (nSPS) is 10.9. The van der Waals surface area contributed by atoms with Crippen LogP contribution in [0.5, 0.6) is 0 Å². The minimum Gasteiger partial charge on any atom is -0.310 e. The van der Waals surface area contributed by atoms with Crippen molar-refractivity contribution >= 4 is 17.4 Å². The van der Waals surface area contributed by atoms with Crippen LogP contribution in [0.2, 0.25) is 0 Å². The Morgan fingerprint density at radius 3 is 2.68 bits per heavy atom. The molecule has 0 fully saturated rings. The molecule has 0 saturated heterocycles. The van der Waals surface area contributed by atoms with Crippen molar-refractivity contribution in [2.24, 2.45) is 0 Å². The SMILES string of the molecule is Cc1ccn2c(NC(=O)CCc3ccccc3)c(-c3cccc(F)c3)nc2c1. The third kappa shape index (κ3) is 3.78. The number of imidazole rings is 1. The first-order valence-corrected chi connectivity index (χ1v) is 9.18. The van der Waals surface area contributed by atoms with Crippen molar-refractivity contribution in [2.45, 2.75) is 19.8 Å². The number of benzene rings is 2. The fraction of sp³-hybridized carbons (Fsp3) is 0.130. The van der Waals surface area contributed by atoms with Gasteiger partial charge in [0.1, 0.15) is 23.0 Å². The molecule has 1 N–H and O–H groups in total. The topological polar surface area (TPSA) is 46.4 Å². The van der Waals surface area contributed by atoms with Crippen molar-refractivity contribution in [1.82, 2.24) is 9.38 Å². The van der Waals surface area contributed by atoms with Crippen LogP contribution in [-0.2, 0) is 11.2 Å². The number of nitrogens with one attached hydrogen (secondary N) is 1.